The van der Waals surface area contributed by atoms with Crippen molar-refractivity contribution in [3.63, 3.8) is 0 Å². The summed E-state index contributed by atoms with van der Waals surface area (Å²) >= 11 is 0. The number of para-hydroxylation sites is 2. The molecule has 4 rings (SSSR count). The molecule has 0 aliphatic carbocycles. The second-order valence-electron chi connectivity index (χ2n) is 8.30. The van der Waals surface area contributed by atoms with E-state index in [0.29, 0.717) is 5.82 Å². The molecule has 0 bridgehead atoms. The number of aromatic amines is 1. The van der Waals surface area contributed by atoms with E-state index in [1.54, 1.807) is 36.4 Å². The molecule has 5 heteroatoms. The maximum atomic E-state index is 13.5. The fraction of sp³-hybridized carbons (Fsp3) is 0.160. The summed E-state index contributed by atoms with van der Waals surface area (Å²) in [7, 11) is -3.77. The molecule has 1 aromatic heterocycles. The van der Waals surface area contributed by atoms with Crippen LogP contribution in [0.3, 0.4) is 0 Å². The lowest BCUT2D eigenvalue weighted by Crippen LogP contribution is -2.10. The fourth-order valence-corrected chi connectivity index (χ4v) is 4.71. The van der Waals surface area contributed by atoms with Gasteiger partial charge in [-0.15, -0.1) is 0 Å². The van der Waals surface area contributed by atoms with Gasteiger partial charge in [-0.1, -0.05) is 75.4 Å². The SMILES string of the molecule is CC(C)(C)c1ccc(/C=C(\c2nc3ccccc3[nH]2)S(=O)(=O)c2ccccc2)cc1. The highest BCUT2D eigenvalue weighted by Crippen LogP contribution is 2.30. The molecule has 0 fully saturated rings. The molecule has 0 atom stereocenters. The number of benzene rings is 3. The van der Waals surface area contributed by atoms with Gasteiger partial charge in [0.15, 0.2) is 0 Å². The number of nitrogens with one attached hydrogen (secondary N) is 1. The van der Waals surface area contributed by atoms with Gasteiger partial charge in [0.05, 0.1) is 15.9 Å². The Labute approximate surface area is 177 Å². The van der Waals surface area contributed by atoms with Gasteiger partial charge in [-0.2, -0.15) is 0 Å². The Morgan fingerprint density at radius 3 is 2.13 bits per heavy atom. The summed E-state index contributed by atoms with van der Waals surface area (Å²) in [6, 6.07) is 24.0. The van der Waals surface area contributed by atoms with Crippen LogP contribution in [0.4, 0.5) is 0 Å². The van der Waals surface area contributed by atoms with Crippen molar-refractivity contribution in [3.05, 3.63) is 95.8 Å². The van der Waals surface area contributed by atoms with Crippen LogP contribution in [0.15, 0.2) is 83.8 Å². The van der Waals surface area contributed by atoms with Gasteiger partial charge in [0.1, 0.15) is 10.7 Å². The van der Waals surface area contributed by atoms with E-state index in [-0.39, 0.29) is 15.2 Å². The van der Waals surface area contributed by atoms with Crippen molar-refractivity contribution in [3.8, 4) is 0 Å². The van der Waals surface area contributed by atoms with Crippen molar-refractivity contribution in [2.75, 3.05) is 0 Å². The smallest absolute Gasteiger partial charge is 0.210 e. The zero-order valence-corrected chi connectivity index (χ0v) is 18.1. The Balaban J connectivity index is 1.88. The van der Waals surface area contributed by atoms with Crippen LogP contribution in [-0.2, 0) is 15.3 Å². The first kappa shape index (κ1) is 20.1. The Morgan fingerprint density at radius 1 is 0.867 bits per heavy atom. The van der Waals surface area contributed by atoms with Crippen LogP contribution in [0.25, 0.3) is 22.0 Å². The van der Waals surface area contributed by atoms with Gasteiger partial charge in [-0.3, -0.25) is 0 Å². The molecule has 0 aliphatic heterocycles. The van der Waals surface area contributed by atoms with E-state index in [1.165, 1.54) is 5.56 Å². The van der Waals surface area contributed by atoms with Gasteiger partial charge < -0.3 is 4.98 Å². The third-order valence-corrected chi connectivity index (χ3v) is 6.82. The Kier molecular flexibility index (Phi) is 5.08. The minimum absolute atomic E-state index is 0.0277. The average Bonchev–Trinajstić information content (AvgIpc) is 3.16. The molecule has 30 heavy (non-hydrogen) atoms. The first-order valence-electron chi connectivity index (χ1n) is 9.83. The van der Waals surface area contributed by atoms with Crippen molar-refractivity contribution in [2.45, 2.75) is 31.1 Å². The maximum absolute atomic E-state index is 13.5. The van der Waals surface area contributed by atoms with Gasteiger partial charge in [0.2, 0.25) is 9.84 Å². The predicted molar refractivity (Wildman–Crippen MR) is 123 cm³/mol. The molecule has 4 aromatic rings. The summed E-state index contributed by atoms with van der Waals surface area (Å²) in [5.74, 6) is 0.333. The monoisotopic (exact) mass is 416 g/mol. The second-order valence-corrected chi connectivity index (χ2v) is 10.2. The molecule has 3 aromatic carbocycles. The van der Waals surface area contributed by atoms with E-state index in [2.05, 4.69) is 30.7 Å². The molecule has 0 aliphatic rings. The summed E-state index contributed by atoms with van der Waals surface area (Å²) in [6.07, 6.45) is 1.69. The summed E-state index contributed by atoms with van der Waals surface area (Å²) in [4.78, 5) is 8.11. The first-order valence-corrected chi connectivity index (χ1v) is 11.3. The van der Waals surface area contributed by atoms with E-state index < -0.39 is 9.84 Å². The van der Waals surface area contributed by atoms with E-state index in [1.807, 2.05) is 48.5 Å². The number of imidazole rings is 1. The van der Waals surface area contributed by atoms with Gasteiger partial charge >= 0.3 is 0 Å². The molecule has 0 amide bonds. The number of hydrogen-bond acceptors (Lipinski definition) is 3. The largest absolute Gasteiger partial charge is 0.337 e. The lowest BCUT2D eigenvalue weighted by atomic mass is 9.87. The van der Waals surface area contributed by atoms with Crippen LogP contribution in [0, 0.1) is 0 Å². The molecule has 0 radical (unpaired) electrons. The zero-order chi connectivity index (χ0) is 21.4. The van der Waals surface area contributed by atoms with Crippen molar-refractivity contribution in [1.29, 1.82) is 0 Å². The minimum atomic E-state index is -3.77. The lowest BCUT2D eigenvalue weighted by molar-refractivity contribution is 0.590. The van der Waals surface area contributed by atoms with Gasteiger partial charge in [0.25, 0.3) is 0 Å². The highest BCUT2D eigenvalue weighted by Gasteiger charge is 2.25. The highest BCUT2D eigenvalue weighted by molar-refractivity contribution is 8.00. The van der Waals surface area contributed by atoms with Crippen LogP contribution in [0.2, 0.25) is 0 Å². The highest BCUT2D eigenvalue weighted by atomic mass is 32.2. The number of fused-ring (bicyclic) bond motifs is 1. The van der Waals surface area contributed by atoms with Crippen LogP contribution in [0.5, 0.6) is 0 Å². The summed E-state index contributed by atoms with van der Waals surface area (Å²) < 4.78 is 27.0. The minimum Gasteiger partial charge on any atom is -0.337 e. The van der Waals surface area contributed by atoms with E-state index >= 15 is 0 Å². The summed E-state index contributed by atoms with van der Waals surface area (Å²) in [5, 5.41) is 0. The first-order chi connectivity index (χ1) is 14.2. The van der Waals surface area contributed by atoms with Crippen LogP contribution < -0.4 is 0 Å². The van der Waals surface area contributed by atoms with E-state index in [0.717, 1.165) is 16.6 Å². The zero-order valence-electron chi connectivity index (χ0n) is 17.3. The summed E-state index contributed by atoms with van der Waals surface area (Å²) in [5.41, 5.74) is 3.54. The molecule has 0 unspecified atom stereocenters. The number of aromatic nitrogens is 2. The molecule has 0 saturated carbocycles. The van der Waals surface area contributed by atoms with Crippen LogP contribution in [0.1, 0.15) is 37.7 Å². The number of nitrogens with zero attached hydrogens (tertiary/aromatic N) is 1. The van der Waals surface area contributed by atoms with Crippen molar-refractivity contribution >= 4 is 31.9 Å². The second kappa shape index (κ2) is 7.58. The molecular formula is C25H24N2O2S. The molecule has 1 heterocycles. The van der Waals surface area contributed by atoms with Gasteiger partial charge in [-0.05, 0) is 46.9 Å². The molecule has 0 saturated heterocycles. The topological polar surface area (TPSA) is 62.8 Å². The molecular weight excluding hydrogens is 392 g/mol. The third-order valence-electron chi connectivity index (χ3n) is 5.04. The van der Waals surface area contributed by atoms with Crippen molar-refractivity contribution in [1.82, 2.24) is 9.97 Å². The van der Waals surface area contributed by atoms with Crippen LogP contribution >= 0.6 is 0 Å². The van der Waals surface area contributed by atoms with Crippen molar-refractivity contribution in [2.24, 2.45) is 0 Å². The van der Waals surface area contributed by atoms with Crippen LogP contribution in [-0.4, -0.2) is 18.4 Å². The fourth-order valence-electron chi connectivity index (χ4n) is 3.30. The maximum Gasteiger partial charge on any atom is 0.210 e. The van der Waals surface area contributed by atoms with Gasteiger partial charge in [-0.25, -0.2) is 13.4 Å². The quantitative estimate of drug-likeness (QED) is 0.455. The normalized spacial score (nSPS) is 13.0. The molecule has 4 nitrogen and oxygen atoms in total. The average molecular weight is 417 g/mol. The Hall–Kier alpha value is -3.18. The molecule has 0 spiro atoms. The lowest BCUT2D eigenvalue weighted by Gasteiger charge is -2.18. The molecule has 1 N–H and O–H groups in total. The number of hydrogen-bond donors (Lipinski definition) is 1. The number of sulfone groups is 1. The Bertz CT molecular complexity index is 1280. The standard InChI is InChI=1S/C25H24N2O2S/c1-25(2,3)19-15-13-18(14-16-19)17-23(30(28,29)20-9-5-4-6-10-20)24-26-21-11-7-8-12-22(21)27-24/h4-17H,1-3H3,(H,26,27)/b23-17+. The number of rotatable bonds is 4. The Morgan fingerprint density at radius 2 is 1.50 bits per heavy atom. The van der Waals surface area contributed by atoms with Crippen molar-refractivity contribution < 1.29 is 8.42 Å². The van der Waals surface area contributed by atoms with Gasteiger partial charge in [0, 0.05) is 0 Å². The van der Waals surface area contributed by atoms with E-state index in [9.17, 15) is 8.42 Å². The van der Waals surface area contributed by atoms with E-state index in [4.69, 9.17) is 0 Å². The predicted octanol–water partition coefficient (Wildman–Crippen LogP) is 5.83. The third kappa shape index (κ3) is 3.94. The molecule has 152 valence electrons. The summed E-state index contributed by atoms with van der Waals surface area (Å²) in [6.45, 7) is 6.45. The number of H-pyrrole nitrogens is 1.